The summed E-state index contributed by atoms with van der Waals surface area (Å²) in [5, 5.41) is 4.04. The van der Waals surface area contributed by atoms with Crippen molar-refractivity contribution in [1.82, 2.24) is 10.3 Å². The van der Waals surface area contributed by atoms with Crippen LogP contribution in [0.1, 0.15) is 21.5 Å². The van der Waals surface area contributed by atoms with Gasteiger partial charge in [-0.1, -0.05) is 28.1 Å². The van der Waals surface area contributed by atoms with E-state index in [1.807, 2.05) is 42.5 Å². The molecule has 0 aliphatic carbocycles. The Bertz CT molecular complexity index is 803. The largest absolute Gasteiger partial charge is 0.496 e. The van der Waals surface area contributed by atoms with Gasteiger partial charge in [-0.2, -0.15) is 5.10 Å². The van der Waals surface area contributed by atoms with Gasteiger partial charge in [0.05, 0.1) is 26.5 Å². The monoisotopic (exact) mass is 431 g/mol. The Labute approximate surface area is 167 Å². The topological polar surface area (TPSA) is 63.2 Å². The van der Waals surface area contributed by atoms with Crippen LogP contribution in [0.25, 0.3) is 0 Å². The molecule has 1 heterocycles. The summed E-state index contributed by atoms with van der Waals surface area (Å²) in [6, 6.07) is 13.2. The second kappa shape index (κ2) is 9.64. The Morgan fingerprint density at radius 2 is 2.00 bits per heavy atom. The molecule has 1 N–H and O–H groups in total. The SMILES string of the molecule is COc1ccc(Br)cc1/C=N/NC(=O)c1ccc(CN2CCOCC2)cc1. The number of nitrogens with one attached hydrogen (secondary N) is 1. The third-order valence-corrected chi connectivity index (χ3v) is 4.78. The smallest absolute Gasteiger partial charge is 0.271 e. The fourth-order valence-corrected chi connectivity index (χ4v) is 3.19. The van der Waals surface area contributed by atoms with E-state index in [-0.39, 0.29) is 5.91 Å². The minimum Gasteiger partial charge on any atom is -0.496 e. The molecule has 3 rings (SSSR count). The van der Waals surface area contributed by atoms with E-state index in [0.29, 0.717) is 11.3 Å². The van der Waals surface area contributed by atoms with Crippen molar-refractivity contribution >= 4 is 28.1 Å². The number of carbonyl (C=O) groups excluding carboxylic acids is 1. The first kappa shape index (κ1) is 19.5. The third kappa shape index (κ3) is 5.63. The van der Waals surface area contributed by atoms with Gasteiger partial charge in [-0.3, -0.25) is 9.69 Å². The van der Waals surface area contributed by atoms with Gasteiger partial charge in [0.1, 0.15) is 5.75 Å². The van der Waals surface area contributed by atoms with Crippen molar-refractivity contribution in [2.24, 2.45) is 5.10 Å². The lowest BCUT2D eigenvalue weighted by Crippen LogP contribution is -2.35. The zero-order valence-electron chi connectivity index (χ0n) is 15.2. The quantitative estimate of drug-likeness (QED) is 0.563. The molecule has 0 unspecified atom stereocenters. The zero-order valence-corrected chi connectivity index (χ0v) is 16.7. The highest BCUT2D eigenvalue weighted by Crippen LogP contribution is 2.21. The van der Waals surface area contributed by atoms with Crippen LogP contribution in [0.5, 0.6) is 5.75 Å². The number of hydrogen-bond donors (Lipinski definition) is 1. The maximum absolute atomic E-state index is 12.3. The normalized spacial score (nSPS) is 15.0. The lowest BCUT2D eigenvalue weighted by atomic mass is 10.1. The Hall–Kier alpha value is -2.22. The van der Waals surface area contributed by atoms with Crippen molar-refractivity contribution < 1.29 is 14.3 Å². The Morgan fingerprint density at radius 3 is 2.70 bits per heavy atom. The van der Waals surface area contributed by atoms with Gasteiger partial charge in [0, 0.05) is 35.2 Å². The average molecular weight is 432 g/mol. The first-order chi connectivity index (χ1) is 13.2. The number of rotatable bonds is 6. The van der Waals surface area contributed by atoms with Gasteiger partial charge in [-0.15, -0.1) is 0 Å². The maximum Gasteiger partial charge on any atom is 0.271 e. The summed E-state index contributed by atoms with van der Waals surface area (Å²) < 4.78 is 11.6. The molecule has 0 spiro atoms. The van der Waals surface area contributed by atoms with E-state index in [2.05, 4.69) is 31.4 Å². The van der Waals surface area contributed by atoms with Crippen molar-refractivity contribution in [3.63, 3.8) is 0 Å². The number of nitrogens with zero attached hydrogens (tertiary/aromatic N) is 2. The molecular formula is C20H22BrN3O3. The molecule has 2 aromatic carbocycles. The Kier molecular flexibility index (Phi) is 6.98. The molecule has 0 aromatic heterocycles. The third-order valence-electron chi connectivity index (χ3n) is 4.29. The Balaban J connectivity index is 1.57. The number of methoxy groups -OCH3 is 1. The second-order valence-corrected chi connectivity index (χ2v) is 7.09. The summed E-state index contributed by atoms with van der Waals surface area (Å²) in [4.78, 5) is 14.6. The molecule has 0 saturated carbocycles. The van der Waals surface area contributed by atoms with Crippen LogP contribution in [0.15, 0.2) is 52.0 Å². The van der Waals surface area contributed by atoms with E-state index in [1.165, 1.54) is 5.56 Å². The van der Waals surface area contributed by atoms with Crippen LogP contribution >= 0.6 is 15.9 Å². The molecule has 1 aliphatic rings. The molecule has 0 bridgehead atoms. The summed E-state index contributed by atoms with van der Waals surface area (Å²) in [7, 11) is 1.59. The number of ether oxygens (including phenoxy) is 2. The minimum absolute atomic E-state index is 0.252. The van der Waals surface area contributed by atoms with Crippen molar-refractivity contribution in [2.45, 2.75) is 6.54 Å². The molecule has 2 aromatic rings. The molecule has 0 radical (unpaired) electrons. The Morgan fingerprint density at radius 1 is 1.26 bits per heavy atom. The maximum atomic E-state index is 12.3. The molecule has 0 atom stereocenters. The van der Waals surface area contributed by atoms with E-state index in [4.69, 9.17) is 9.47 Å². The molecule has 1 fully saturated rings. The summed E-state index contributed by atoms with van der Waals surface area (Å²) in [5.74, 6) is 0.432. The molecule has 1 aliphatic heterocycles. The van der Waals surface area contributed by atoms with Crippen LogP contribution < -0.4 is 10.2 Å². The standard InChI is InChI=1S/C20H22BrN3O3/c1-26-19-7-6-18(21)12-17(19)13-22-23-20(25)16-4-2-15(3-5-16)14-24-8-10-27-11-9-24/h2-7,12-13H,8-11,14H2,1H3,(H,23,25)/b22-13+. The van der Waals surface area contributed by atoms with Gasteiger partial charge in [0.2, 0.25) is 0 Å². The summed E-state index contributed by atoms with van der Waals surface area (Å²) >= 11 is 3.41. The number of benzene rings is 2. The van der Waals surface area contributed by atoms with E-state index >= 15 is 0 Å². The van der Waals surface area contributed by atoms with Crippen LogP contribution in [0.4, 0.5) is 0 Å². The van der Waals surface area contributed by atoms with E-state index in [0.717, 1.165) is 42.9 Å². The van der Waals surface area contributed by atoms with Crippen molar-refractivity contribution in [1.29, 1.82) is 0 Å². The number of halogens is 1. The van der Waals surface area contributed by atoms with Gasteiger partial charge < -0.3 is 9.47 Å². The number of hydrogen-bond acceptors (Lipinski definition) is 5. The highest BCUT2D eigenvalue weighted by atomic mass is 79.9. The first-order valence-electron chi connectivity index (χ1n) is 8.71. The zero-order chi connectivity index (χ0) is 19.1. The van der Waals surface area contributed by atoms with Gasteiger partial charge in [-0.05, 0) is 35.9 Å². The van der Waals surface area contributed by atoms with Crippen molar-refractivity contribution in [3.8, 4) is 5.75 Å². The summed E-state index contributed by atoms with van der Waals surface area (Å²) in [6.45, 7) is 4.31. The average Bonchev–Trinajstić information content (AvgIpc) is 2.69. The summed E-state index contributed by atoms with van der Waals surface area (Å²) in [6.07, 6.45) is 1.56. The molecule has 142 valence electrons. The number of hydrazone groups is 1. The van der Waals surface area contributed by atoms with Crippen LogP contribution in [-0.4, -0.2) is 50.4 Å². The highest BCUT2D eigenvalue weighted by molar-refractivity contribution is 9.10. The van der Waals surface area contributed by atoms with E-state index in [1.54, 1.807) is 13.3 Å². The number of amides is 1. The predicted molar refractivity (Wildman–Crippen MR) is 108 cm³/mol. The van der Waals surface area contributed by atoms with E-state index < -0.39 is 0 Å². The van der Waals surface area contributed by atoms with Crippen molar-refractivity contribution in [3.05, 3.63) is 63.6 Å². The van der Waals surface area contributed by atoms with Gasteiger partial charge in [-0.25, -0.2) is 5.43 Å². The number of carbonyl (C=O) groups is 1. The molecule has 1 amide bonds. The van der Waals surface area contributed by atoms with Crippen LogP contribution in [-0.2, 0) is 11.3 Å². The van der Waals surface area contributed by atoms with Crippen molar-refractivity contribution in [2.75, 3.05) is 33.4 Å². The van der Waals surface area contributed by atoms with Crippen LogP contribution in [0.3, 0.4) is 0 Å². The van der Waals surface area contributed by atoms with Gasteiger partial charge in [0.15, 0.2) is 0 Å². The van der Waals surface area contributed by atoms with Crippen LogP contribution in [0.2, 0.25) is 0 Å². The van der Waals surface area contributed by atoms with E-state index in [9.17, 15) is 4.79 Å². The van der Waals surface area contributed by atoms with Gasteiger partial charge in [0.25, 0.3) is 5.91 Å². The number of morpholine rings is 1. The fourth-order valence-electron chi connectivity index (χ4n) is 2.81. The van der Waals surface area contributed by atoms with Gasteiger partial charge >= 0.3 is 0 Å². The first-order valence-corrected chi connectivity index (χ1v) is 9.51. The molecule has 6 nitrogen and oxygen atoms in total. The van der Waals surface area contributed by atoms with Crippen LogP contribution in [0, 0.1) is 0 Å². The molecule has 7 heteroatoms. The lowest BCUT2D eigenvalue weighted by molar-refractivity contribution is 0.0342. The minimum atomic E-state index is -0.252. The second-order valence-electron chi connectivity index (χ2n) is 6.17. The lowest BCUT2D eigenvalue weighted by Gasteiger charge is -2.26. The fraction of sp³-hybridized carbons (Fsp3) is 0.300. The summed E-state index contributed by atoms with van der Waals surface area (Å²) in [5.41, 5.74) is 5.07. The predicted octanol–water partition coefficient (Wildman–Crippen LogP) is 3.05. The molecule has 27 heavy (non-hydrogen) atoms. The molecule has 1 saturated heterocycles. The highest BCUT2D eigenvalue weighted by Gasteiger charge is 2.11. The molecular weight excluding hydrogens is 410 g/mol.